The molecule has 1 saturated heterocycles. The second-order valence-corrected chi connectivity index (χ2v) is 9.12. The van der Waals surface area contributed by atoms with Crippen molar-refractivity contribution in [2.24, 2.45) is 0 Å². The zero-order valence-corrected chi connectivity index (χ0v) is 17.7. The molecule has 0 bridgehead atoms. The van der Waals surface area contributed by atoms with E-state index in [9.17, 15) is 9.90 Å². The lowest BCUT2D eigenvalue weighted by atomic mass is 9.97. The number of hydrogen-bond donors (Lipinski definition) is 3. The molecule has 2 aliphatic rings. The number of benzene rings is 1. The number of rotatable bonds is 4. The summed E-state index contributed by atoms with van der Waals surface area (Å²) in [6.45, 7) is 7.21. The van der Waals surface area contributed by atoms with Gasteiger partial charge < -0.3 is 25.5 Å². The Morgan fingerprint density at radius 2 is 2.17 bits per heavy atom. The van der Waals surface area contributed by atoms with Crippen LogP contribution in [0.4, 0.5) is 10.5 Å². The van der Waals surface area contributed by atoms with E-state index in [1.54, 1.807) is 0 Å². The third kappa shape index (κ3) is 3.69. The highest BCUT2D eigenvalue weighted by atomic mass is 16.6. The first-order valence-corrected chi connectivity index (χ1v) is 10.4. The number of anilines is 1. The molecule has 4 rings (SSSR count). The molecule has 1 aliphatic heterocycles. The number of ether oxygens (including phenoxy) is 1. The van der Waals surface area contributed by atoms with Crippen molar-refractivity contribution >= 4 is 22.7 Å². The van der Waals surface area contributed by atoms with Crippen LogP contribution in [-0.2, 0) is 24.1 Å². The summed E-state index contributed by atoms with van der Waals surface area (Å²) in [5.41, 5.74) is 9.69. The fourth-order valence-electron chi connectivity index (χ4n) is 4.94. The average Bonchev–Trinajstić information content (AvgIpc) is 3.21. The van der Waals surface area contributed by atoms with Crippen molar-refractivity contribution in [2.75, 3.05) is 19.3 Å². The van der Waals surface area contributed by atoms with Crippen LogP contribution in [0, 0.1) is 0 Å². The highest BCUT2D eigenvalue weighted by molar-refractivity contribution is 5.89. The van der Waals surface area contributed by atoms with Crippen LogP contribution in [0.2, 0.25) is 0 Å². The lowest BCUT2D eigenvalue weighted by Gasteiger charge is -2.31. The Kier molecular flexibility index (Phi) is 4.99. The van der Waals surface area contributed by atoms with Crippen LogP contribution in [0.1, 0.15) is 38.4 Å². The Balaban J connectivity index is 1.66. The fraction of sp³-hybridized carbons (Fsp3) is 0.591. The molecule has 4 N–H and O–H groups in total. The monoisotopic (exact) mass is 400 g/mol. The minimum atomic E-state index is -0.719. The fourth-order valence-corrected chi connectivity index (χ4v) is 4.94. The van der Waals surface area contributed by atoms with Gasteiger partial charge in [-0.25, -0.2) is 4.79 Å². The van der Waals surface area contributed by atoms with Gasteiger partial charge in [-0.3, -0.25) is 4.90 Å². The maximum absolute atomic E-state index is 12.1. The Hall–Kier alpha value is -2.25. The summed E-state index contributed by atoms with van der Waals surface area (Å²) in [6, 6.07) is 6.07. The highest BCUT2D eigenvalue weighted by Crippen LogP contribution is 2.37. The molecule has 1 aromatic heterocycles. The Morgan fingerprint density at radius 3 is 2.83 bits per heavy atom. The lowest BCUT2D eigenvalue weighted by molar-refractivity contribution is 0.0190. The first-order chi connectivity index (χ1) is 13.7. The predicted octanol–water partition coefficient (Wildman–Crippen LogP) is 2.28. The zero-order valence-electron chi connectivity index (χ0n) is 17.7. The average molecular weight is 401 g/mol. The molecular weight excluding hydrogens is 368 g/mol. The molecular formula is C22H32N4O3. The molecule has 0 spiro atoms. The van der Waals surface area contributed by atoms with Crippen molar-refractivity contribution in [1.82, 2.24) is 14.8 Å². The molecule has 1 fully saturated rings. The first-order valence-electron chi connectivity index (χ1n) is 10.4. The minimum Gasteiger partial charge on any atom is -0.447 e. The molecule has 0 saturated carbocycles. The van der Waals surface area contributed by atoms with E-state index in [2.05, 4.69) is 27.9 Å². The molecule has 7 nitrogen and oxygen atoms in total. The summed E-state index contributed by atoms with van der Waals surface area (Å²) in [6.07, 6.45) is 1.76. The summed E-state index contributed by atoms with van der Waals surface area (Å²) in [7, 11) is 2.07. The Labute approximate surface area is 171 Å². The van der Waals surface area contributed by atoms with Gasteiger partial charge >= 0.3 is 6.09 Å². The number of nitrogens with two attached hydrogens (primary N) is 1. The summed E-state index contributed by atoms with van der Waals surface area (Å²) < 4.78 is 7.58. The van der Waals surface area contributed by atoms with Gasteiger partial charge in [-0.15, -0.1) is 0 Å². The van der Waals surface area contributed by atoms with E-state index in [4.69, 9.17) is 10.5 Å². The highest BCUT2D eigenvalue weighted by Gasteiger charge is 2.42. The van der Waals surface area contributed by atoms with Crippen molar-refractivity contribution < 1.29 is 14.6 Å². The third-order valence-corrected chi connectivity index (χ3v) is 6.44. The van der Waals surface area contributed by atoms with Gasteiger partial charge in [0.15, 0.2) is 0 Å². The van der Waals surface area contributed by atoms with Crippen molar-refractivity contribution in [2.45, 2.75) is 70.4 Å². The molecule has 0 unspecified atom stereocenters. The predicted molar refractivity (Wildman–Crippen MR) is 114 cm³/mol. The van der Waals surface area contributed by atoms with Crippen LogP contribution in [0.15, 0.2) is 18.2 Å². The summed E-state index contributed by atoms with van der Waals surface area (Å²) >= 11 is 0. The van der Waals surface area contributed by atoms with E-state index >= 15 is 0 Å². The number of amides is 1. The summed E-state index contributed by atoms with van der Waals surface area (Å²) in [4.78, 5) is 14.3. The van der Waals surface area contributed by atoms with E-state index in [-0.39, 0.29) is 24.3 Å². The van der Waals surface area contributed by atoms with Crippen LogP contribution in [-0.4, -0.2) is 58.0 Å². The maximum atomic E-state index is 12.1. The molecule has 1 aromatic carbocycles. The number of nitrogen functional groups attached to an aromatic ring is 1. The number of carbonyl (C=O) groups excluding carboxylic acids is 1. The van der Waals surface area contributed by atoms with Crippen LogP contribution >= 0.6 is 0 Å². The quantitative estimate of drug-likeness (QED) is 0.685. The molecule has 29 heavy (non-hydrogen) atoms. The van der Waals surface area contributed by atoms with Crippen molar-refractivity contribution in [3.05, 3.63) is 29.5 Å². The van der Waals surface area contributed by atoms with Gasteiger partial charge in [-0.05, 0) is 64.4 Å². The SMILES string of the molecule is CC(C)OC(=O)N[C@H]1Cc2c(n(C[C@@H]3N(C)CC[C@@]3(C)O)c3ccc(N)cc23)C1. The molecule has 3 atom stereocenters. The maximum Gasteiger partial charge on any atom is 0.407 e. The van der Waals surface area contributed by atoms with E-state index in [1.165, 1.54) is 11.3 Å². The van der Waals surface area contributed by atoms with Crippen molar-refractivity contribution in [3.8, 4) is 0 Å². The second-order valence-electron chi connectivity index (χ2n) is 9.12. The molecule has 158 valence electrons. The van der Waals surface area contributed by atoms with Gasteiger partial charge in [-0.2, -0.15) is 0 Å². The minimum absolute atomic E-state index is 0.00477. The first kappa shape index (κ1) is 20.0. The third-order valence-electron chi connectivity index (χ3n) is 6.44. The van der Waals surface area contributed by atoms with Crippen LogP contribution in [0.25, 0.3) is 10.9 Å². The Bertz CT molecular complexity index is 934. The largest absolute Gasteiger partial charge is 0.447 e. The zero-order chi connectivity index (χ0) is 20.9. The lowest BCUT2D eigenvalue weighted by Crippen LogP contribution is -2.44. The standard InChI is InChI=1S/C22H32N4O3/c1-13(2)29-21(27)24-15-10-17-16-9-14(23)5-6-18(16)26(19(17)11-15)12-20-22(3,28)7-8-25(20)4/h5-6,9,13,15,20,28H,7-8,10-12,23H2,1-4H3,(H,24,27)/t15-,20-,22+/m0/s1. The number of alkyl carbamates (subject to hydrolysis) is 1. The molecule has 0 radical (unpaired) electrons. The number of likely N-dealkylation sites (N-methyl/N-ethyl adjacent to an activating group) is 1. The van der Waals surface area contributed by atoms with Gasteiger partial charge in [0.05, 0.1) is 17.7 Å². The van der Waals surface area contributed by atoms with E-state index in [0.29, 0.717) is 6.54 Å². The van der Waals surface area contributed by atoms with Gasteiger partial charge in [0.2, 0.25) is 0 Å². The van der Waals surface area contributed by atoms with Gasteiger partial charge in [0, 0.05) is 47.8 Å². The number of nitrogens with zero attached hydrogens (tertiary/aromatic N) is 2. The Morgan fingerprint density at radius 1 is 1.41 bits per heavy atom. The number of aromatic nitrogens is 1. The van der Waals surface area contributed by atoms with Crippen LogP contribution in [0.3, 0.4) is 0 Å². The van der Waals surface area contributed by atoms with Crippen molar-refractivity contribution in [3.63, 3.8) is 0 Å². The molecule has 1 amide bonds. The van der Waals surface area contributed by atoms with Gasteiger partial charge in [0.25, 0.3) is 0 Å². The van der Waals surface area contributed by atoms with E-state index in [0.717, 1.165) is 42.4 Å². The molecule has 2 heterocycles. The second kappa shape index (κ2) is 7.22. The molecule has 7 heteroatoms. The number of aliphatic hydroxyl groups is 1. The summed E-state index contributed by atoms with van der Waals surface area (Å²) in [5.74, 6) is 0. The van der Waals surface area contributed by atoms with Gasteiger partial charge in [0.1, 0.15) is 0 Å². The number of carbonyl (C=O) groups is 1. The number of fused-ring (bicyclic) bond motifs is 3. The molecule has 1 aliphatic carbocycles. The topological polar surface area (TPSA) is 92.8 Å². The van der Waals surface area contributed by atoms with E-state index in [1.807, 2.05) is 32.9 Å². The number of nitrogens with one attached hydrogen (secondary N) is 1. The van der Waals surface area contributed by atoms with Gasteiger partial charge in [-0.1, -0.05) is 0 Å². The van der Waals surface area contributed by atoms with Crippen LogP contribution < -0.4 is 11.1 Å². The normalized spacial score (nSPS) is 27.0. The van der Waals surface area contributed by atoms with Crippen molar-refractivity contribution in [1.29, 1.82) is 0 Å². The number of hydrogen-bond acceptors (Lipinski definition) is 5. The van der Waals surface area contributed by atoms with E-state index < -0.39 is 5.60 Å². The smallest absolute Gasteiger partial charge is 0.407 e. The summed E-state index contributed by atoms with van der Waals surface area (Å²) in [5, 5.41) is 15.0. The van der Waals surface area contributed by atoms with Crippen LogP contribution in [0.5, 0.6) is 0 Å². The number of likely N-dealkylation sites (tertiary alicyclic amines) is 1. The molecule has 2 aromatic rings.